The first-order chi connectivity index (χ1) is 18.0. The minimum atomic E-state index is -1.07. The van der Waals surface area contributed by atoms with Crippen molar-refractivity contribution in [2.45, 2.75) is 39.7 Å². The van der Waals surface area contributed by atoms with Crippen molar-refractivity contribution in [3.8, 4) is 17.0 Å². The molecule has 0 spiro atoms. The summed E-state index contributed by atoms with van der Waals surface area (Å²) in [5, 5.41) is 29.1. The average Bonchev–Trinajstić information content (AvgIpc) is 3.22. The quantitative estimate of drug-likeness (QED) is 0.226. The first-order valence-electron chi connectivity index (χ1n) is 12.2. The minimum absolute atomic E-state index is 0.00852. The molecule has 1 amide bonds. The molecule has 0 bridgehead atoms. The van der Waals surface area contributed by atoms with Crippen LogP contribution in [0.3, 0.4) is 0 Å². The third-order valence-electron chi connectivity index (χ3n) is 6.19. The standard InChI is InChI=1S/C30H30N4O4/c1-19(31-32-28(36)22-10-12-23(13-11-22)29(37)38)25-27(35)26(21-14-16-24(17-15-21)30(2,3)4)34(33-25)18-20-8-6-5-7-9-20/h5-17,35H,18H2,1-4H3,(H,32,36)(H,37,38)/b31-19-. The Bertz CT molecular complexity index is 1480. The van der Waals surface area contributed by atoms with E-state index >= 15 is 0 Å². The third kappa shape index (κ3) is 5.81. The van der Waals surface area contributed by atoms with Gasteiger partial charge in [-0.3, -0.25) is 9.48 Å². The molecule has 0 radical (unpaired) electrons. The van der Waals surface area contributed by atoms with Crippen LogP contribution in [0.4, 0.5) is 0 Å². The molecular formula is C30H30N4O4. The summed E-state index contributed by atoms with van der Waals surface area (Å²) in [5.41, 5.74) is 6.89. The Morgan fingerprint density at radius 1 is 0.921 bits per heavy atom. The molecule has 3 N–H and O–H groups in total. The van der Waals surface area contributed by atoms with Gasteiger partial charge in [0.1, 0.15) is 5.69 Å². The fourth-order valence-electron chi connectivity index (χ4n) is 4.00. The number of nitrogens with one attached hydrogen (secondary N) is 1. The number of amides is 1. The normalized spacial score (nSPS) is 11.8. The van der Waals surface area contributed by atoms with Gasteiger partial charge in [-0.25, -0.2) is 10.2 Å². The van der Waals surface area contributed by atoms with E-state index in [1.54, 1.807) is 11.6 Å². The van der Waals surface area contributed by atoms with E-state index in [4.69, 9.17) is 5.11 Å². The molecule has 1 heterocycles. The molecule has 0 saturated heterocycles. The van der Waals surface area contributed by atoms with Crippen LogP contribution in [0, 0.1) is 0 Å². The van der Waals surface area contributed by atoms with Crippen LogP contribution in [0.25, 0.3) is 11.3 Å². The van der Waals surface area contributed by atoms with Gasteiger partial charge < -0.3 is 10.2 Å². The third-order valence-corrected chi connectivity index (χ3v) is 6.19. The summed E-state index contributed by atoms with van der Waals surface area (Å²) in [4.78, 5) is 23.6. The number of rotatable bonds is 7. The monoisotopic (exact) mass is 510 g/mol. The van der Waals surface area contributed by atoms with Gasteiger partial charge in [-0.1, -0.05) is 75.4 Å². The smallest absolute Gasteiger partial charge is 0.335 e. The Labute approximate surface area is 221 Å². The number of hydrazone groups is 1. The van der Waals surface area contributed by atoms with Crippen LogP contribution >= 0.6 is 0 Å². The maximum absolute atomic E-state index is 12.5. The van der Waals surface area contributed by atoms with Crippen molar-refractivity contribution in [1.29, 1.82) is 0 Å². The van der Waals surface area contributed by atoms with Crippen LogP contribution in [0.1, 0.15) is 65.2 Å². The summed E-state index contributed by atoms with van der Waals surface area (Å²) in [5.74, 6) is -1.62. The number of carbonyl (C=O) groups excluding carboxylic acids is 1. The largest absolute Gasteiger partial charge is 0.504 e. The summed E-state index contributed by atoms with van der Waals surface area (Å²) < 4.78 is 1.73. The number of aromatic carboxylic acids is 1. The van der Waals surface area contributed by atoms with Crippen LogP contribution < -0.4 is 5.43 Å². The maximum Gasteiger partial charge on any atom is 0.335 e. The van der Waals surface area contributed by atoms with Crippen molar-refractivity contribution < 1.29 is 19.8 Å². The number of carbonyl (C=O) groups is 2. The number of hydrogen-bond acceptors (Lipinski definition) is 5. The predicted molar refractivity (Wildman–Crippen MR) is 147 cm³/mol. The van der Waals surface area contributed by atoms with Crippen molar-refractivity contribution in [2.24, 2.45) is 5.10 Å². The highest BCUT2D eigenvalue weighted by Gasteiger charge is 2.22. The van der Waals surface area contributed by atoms with E-state index in [2.05, 4.69) is 36.4 Å². The number of carboxylic acids is 1. The SMILES string of the molecule is C/C(=N/NC(=O)c1ccc(C(=O)O)cc1)c1nn(Cc2ccccc2)c(-c2ccc(C(C)(C)C)cc2)c1O. The number of aromatic nitrogens is 2. The molecular weight excluding hydrogens is 480 g/mol. The molecule has 0 atom stereocenters. The van der Waals surface area contributed by atoms with Crippen molar-refractivity contribution >= 4 is 17.6 Å². The molecule has 0 unspecified atom stereocenters. The van der Waals surface area contributed by atoms with E-state index in [1.807, 2.05) is 54.6 Å². The van der Waals surface area contributed by atoms with Gasteiger partial charge in [0, 0.05) is 11.1 Å². The Morgan fingerprint density at radius 2 is 1.53 bits per heavy atom. The Balaban J connectivity index is 1.66. The molecule has 38 heavy (non-hydrogen) atoms. The lowest BCUT2D eigenvalue weighted by atomic mass is 9.86. The van der Waals surface area contributed by atoms with Gasteiger partial charge in [-0.15, -0.1) is 0 Å². The van der Waals surface area contributed by atoms with Crippen molar-refractivity contribution in [3.05, 3.63) is 107 Å². The number of carboxylic acid groups (broad SMARTS) is 1. The second-order valence-corrected chi connectivity index (χ2v) is 10.0. The first-order valence-corrected chi connectivity index (χ1v) is 12.2. The van der Waals surface area contributed by atoms with Gasteiger partial charge in [0.2, 0.25) is 0 Å². The molecule has 8 heteroatoms. The molecule has 4 rings (SSSR count). The van der Waals surface area contributed by atoms with E-state index in [0.29, 0.717) is 18.0 Å². The highest BCUT2D eigenvalue weighted by Crippen LogP contribution is 2.34. The van der Waals surface area contributed by atoms with Gasteiger partial charge in [0.15, 0.2) is 11.4 Å². The lowest BCUT2D eigenvalue weighted by molar-refractivity contribution is 0.0696. The van der Waals surface area contributed by atoms with E-state index in [0.717, 1.165) is 11.1 Å². The van der Waals surface area contributed by atoms with Crippen molar-refractivity contribution in [3.63, 3.8) is 0 Å². The first kappa shape index (κ1) is 26.3. The van der Waals surface area contributed by atoms with Crippen LogP contribution in [-0.4, -0.2) is 37.6 Å². The summed E-state index contributed by atoms with van der Waals surface area (Å²) in [6.45, 7) is 8.51. The lowest BCUT2D eigenvalue weighted by Gasteiger charge is -2.19. The van der Waals surface area contributed by atoms with Gasteiger partial charge in [-0.05, 0) is 47.7 Å². The molecule has 0 aliphatic heterocycles. The molecule has 8 nitrogen and oxygen atoms in total. The van der Waals surface area contributed by atoms with E-state index < -0.39 is 11.9 Å². The zero-order valence-corrected chi connectivity index (χ0v) is 21.8. The fraction of sp³-hybridized carbons (Fsp3) is 0.200. The summed E-state index contributed by atoms with van der Waals surface area (Å²) in [6.07, 6.45) is 0. The fourth-order valence-corrected chi connectivity index (χ4v) is 4.00. The molecule has 4 aromatic rings. The van der Waals surface area contributed by atoms with Crippen LogP contribution in [0.15, 0.2) is 84.0 Å². The second-order valence-electron chi connectivity index (χ2n) is 10.0. The van der Waals surface area contributed by atoms with Gasteiger partial charge >= 0.3 is 5.97 Å². The molecule has 0 saturated carbocycles. The summed E-state index contributed by atoms with van der Waals surface area (Å²) in [6, 6.07) is 23.4. The highest BCUT2D eigenvalue weighted by atomic mass is 16.4. The number of benzene rings is 3. The predicted octanol–water partition coefficient (Wildman–Crippen LogP) is 5.45. The highest BCUT2D eigenvalue weighted by molar-refractivity contribution is 6.02. The average molecular weight is 511 g/mol. The zero-order chi connectivity index (χ0) is 27.4. The second kappa shape index (κ2) is 10.7. The van der Waals surface area contributed by atoms with Crippen molar-refractivity contribution in [1.82, 2.24) is 15.2 Å². The van der Waals surface area contributed by atoms with Crippen LogP contribution in [-0.2, 0) is 12.0 Å². The van der Waals surface area contributed by atoms with Crippen LogP contribution in [0.2, 0.25) is 0 Å². The van der Waals surface area contributed by atoms with Crippen LogP contribution in [0.5, 0.6) is 5.75 Å². The topological polar surface area (TPSA) is 117 Å². The summed E-state index contributed by atoms with van der Waals surface area (Å²) >= 11 is 0. The minimum Gasteiger partial charge on any atom is -0.504 e. The Morgan fingerprint density at radius 3 is 2.11 bits per heavy atom. The lowest BCUT2D eigenvalue weighted by Crippen LogP contribution is -2.19. The number of hydrogen-bond donors (Lipinski definition) is 3. The summed E-state index contributed by atoms with van der Waals surface area (Å²) in [7, 11) is 0. The van der Waals surface area contributed by atoms with E-state index in [9.17, 15) is 14.7 Å². The number of nitrogens with zero attached hydrogens (tertiary/aromatic N) is 3. The molecule has 0 aliphatic carbocycles. The number of aromatic hydroxyl groups is 1. The molecule has 0 aliphatic rings. The maximum atomic E-state index is 12.5. The van der Waals surface area contributed by atoms with E-state index in [-0.39, 0.29) is 28.0 Å². The van der Waals surface area contributed by atoms with Gasteiger partial charge in [0.05, 0.1) is 17.8 Å². The van der Waals surface area contributed by atoms with Crippen molar-refractivity contribution in [2.75, 3.05) is 0 Å². The van der Waals surface area contributed by atoms with E-state index in [1.165, 1.54) is 29.8 Å². The molecule has 194 valence electrons. The Kier molecular flexibility index (Phi) is 7.43. The molecule has 0 fully saturated rings. The molecule has 1 aromatic heterocycles. The Hall–Kier alpha value is -4.72. The van der Waals surface area contributed by atoms with Gasteiger partial charge in [-0.2, -0.15) is 10.2 Å². The zero-order valence-electron chi connectivity index (χ0n) is 21.8. The van der Waals surface area contributed by atoms with Gasteiger partial charge in [0.25, 0.3) is 5.91 Å². The molecule has 3 aromatic carbocycles.